The van der Waals surface area contributed by atoms with Crippen LogP contribution in [0.5, 0.6) is 5.75 Å². The van der Waals surface area contributed by atoms with Crippen LogP contribution < -0.4 is 9.46 Å². The molecule has 2 aromatic carbocycles. The number of hydrogen-bond donors (Lipinski definition) is 2. The molecule has 2 N–H and O–H groups in total. The lowest BCUT2D eigenvalue weighted by molar-refractivity contribution is 0.0696. The first-order valence-electron chi connectivity index (χ1n) is 6.89. The van der Waals surface area contributed by atoms with E-state index in [1.807, 2.05) is 0 Å². The van der Waals surface area contributed by atoms with Gasteiger partial charge in [0.1, 0.15) is 10.6 Å². The van der Waals surface area contributed by atoms with E-state index in [2.05, 4.69) is 4.72 Å². The Labute approximate surface area is 134 Å². The maximum absolute atomic E-state index is 12.3. The van der Waals surface area contributed by atoms with E-state index in [1.165, 1.54) is 25.3 Å². The number of carboxylic acid groups (broad SMARTS) is 1. The van der Waals surface area contributed by atoms with Gasteiger partial charge in [0.05, 0.1) is 12.7 Å². The molecule has 0 amide bonds. The van der Waals surface area contributed by atoms with Crippen molar-refractivity contribution in [2.45, 2.75) is 11.3 Å². The summed E-state index contributed by atoms with van der Waals surface area (Å²) in [5.41, 5.74) is 0.919. The number of methoxy groups -OCH3 is 1. The number of carbonyl (C=O) groups is 1. The molecule has 0 aliphatic heterocycles. The number of nitrogens with one attached hydrogen (secondary N) is 1. The van der Waals surface area contributed by atoms with Gasteiger partial charge in [0.15, 0.2) is 0 Å². The van der Waals surface area contributed by atoms with Crippen molar-refractivity contribution in [3.63, 3.8) is 0 Å². The number of carboxylic acids is 1. The molecule has 2 rings (SSSR count). The van der Waals surface area contributed by atoms with Gasteiger partial charge in [-0.15, -0.1) is 0 Å². The normalized spacial score (nSPS) is 11.2. The van der Waals surface area contributed by atoms with Gasteiger partial charge in [-0.05, 0) is 36.2 Å². The Bertz CT molecular complexity index is 802. The summed E-state index contributed by atoms with van der Waals surface area (Å²) in [6.45, 7) is 0.156. The Hall–Kier alpha value is -2.38. The lowest BCUT2D eigenvalue weighted by Gasteiger charge is -2.10. The zero-order chi connectivity index (χ0) is 16.9. The molecule has 0 aromatic heterocycles. The highest BCUT2D eigenvalue weighted by molar-refractivity contribution is 7.89. The van der Waals surface area contributed by atoms with E-state index < -0.39 is 16.0 Å². The summed E-state index contributed by atoms with van der Waals surface area (Å²) in [5, 5.41) is 8.94. The number of rotatable bonds is 7. The van der Waals surface area contributed by atoms with Crippen LogP contribution in [0.3, 0.4) is 0 Å². The molecular weight excluding hydrogens is 318 g/mol. The topological polar surface area (TPSA) is 92.7 Å². The first kappa shape index (κ1) is 17.0. The first-order valence-corrected chi connectivity index (χ1v) is 8.37. The SMILES string of the molecule is COc1ccccc1S(=O)(=O)NCCc1cccc(C(=O)O)c1. The fourth-order valence-corrected chi connectivity index (χ4v) is 3.31. The standard InChI is InChI=1S/C16H17NO5S/c1-22-14-7-2-3-8-15(14)23(20,21)17-10-9-12-5-4-6-13(11-12)16(18)19/h2-8,11,17H,9-10H2,1H3,(H,18,19). The maximum Gasteiger partial charge on any atom is 0.335 e. The average Bonchev–Trinajstić information content (AvgIpc) is 2.55. The van der Waals surface area contributed by atoms with Crippen LogP contribution in [0.15, 0.2) is 53.4 Å². The molecule has 0 saturated heterocycles. The molecule has 0 bridgehead atoms. The average molecular weight is 335 g/mol. The van der Waals surface area contributed by atoms with Gasteiger partial charge in [-0.3, -0.25) is 0 Å². The third-order valence-corrected chi connectivity index (χ3v) is 4.74. The lowest BCUT2D eigenvalue weighted by atomic mass is 10.1. The Balaban J connectivity index is 2.05. The Morgan fingerprint density at radius 3 is 2.61 bits per heavy atom. The minimum atomic E-state index is -3.69. The van der Waals surface area contributed by atoms with E-state index in [9.17, 15) is 13.2 Å². The summed E-state index contributed by atoms with van der Waals surface area (Å²) in [6.07, 6.45) is 0.384. The molecule has 0 atom stereocenters. The number of benzene rings is 2. The van der Waals surface area contributed by atoms with Gasteiger partial charge < -0.3 is 9.84 Å². The van der Waals surface area contributed by atoms with Crippen LogP contribution in [-0.2, 0) is 16.4 Å². The number of hydrogen-bond acceptors (Lipinski definition) is 4. The molecule has 0 unspecified atom stereocenters. The number of para-hydroxylation sites is 1. The first-order chi connectivity index (χ1) is 10.9. The van der Waals surface area contributed by atoms with Crippen molar-refractivity contribution >= 4 is 16.0 Å². The Morgan fingerprint density at radius 2 is 1.91 bits per heavy atom. The van der Waals surface area contributed by atoms with Crippen LogP contribution in [0, 0.1) is 0 Å². The van der Waals surface area contributed by atoms with Gasteiger partial charge in [0.2, 0.25) is 10.0 Å². The van der Waals surface area contributed by atoms with Crippen molar-refractivity contribution in [3.05, 3.63) is 59.7 Å². The van der Waals surface area contributed by atoms with Crippen LogP contribution >= 0.6 is 0 Å². The zero-order valence-electron chi connectivity index (χ0n) is 12.5. The molecular formula is C16H17NO5S. The van der Waals surface area contributed by atoms with Crippen molar-refractivity contribution in [2.75, 3.05) is 13.7 Å². The van der Waals surface area contributed by atoms with Gasteiger partial charge in [-0.25, -0.2) is 17.9 Å². The molecule has 0 radical (unpaired) electrons. The second kappa shape index (κ2) is 7.26. The predicted octanol–water partition coefficient (Wildman–Crippen LogP) is 1.91. The van der Waals surface area contributed by atoms with Gasteiger partial charge in [0, 0.05) is 6.54 Å². The third-order valence-electron chi connectivity index (χ3n) is 3.24. The smallest absolute Gasteiger partial charge is 0.335 e. The van der Waals surface area contributed by atoms with Crippen LogP contribution in [0.25, 0.3) is 0 Å². The molecule has 0 saturated carbocycles. The van der Waals surface area contributed by atoms with Crippen molar-refractivity contribution in [1.29, 1.82) is 0 Å². The highest BCUT2D eigenvalue weighted by Gasteiger charge is 2.18. The largest absolute Gasteiger partial charge is 0.495 e. The lowest BCUT2D eigenvalue weighted by Crippen LogP contribution is -2.26. The van der Waals surface area contributed by atoms with E-state index in [0.717, 1.165) is 5.56 Å². The van der Waals surface area contributed by atoms with Gasteiger partial charge in [0.25, 0.3) is 0 Å². The van der Waals surface area contributed by atoms with Gasteiger partial charge in [-0.2, -0.15) is 0 Å². The predicted molar refractivity (Wildman–Crippen MR) is 85.3 cm³/mol. The molecule has 0 aliphatic rings. The summed E-state index contributed by atoms with van der Waals surface area (Å²) in [6, 6.07) is 12.8. The van der Waals surface area contributed by atoms with Crippen molar-refractivity contribution < 1.29 is 23.1 Å². The summed E-state index contributed by atoms with van der Waals surface area (Å²) in [4.78, 5) is 11.0. The third kappa shape index (κ3) is 4.30. The maximum atomic E-state index is 12.3. The Morgan fingerprint density at radius 1 is 1.17 bits per heavy atom. The van der Waals surface area contributed by atoms with Crippen LogP contribution in [-0.4, -0.2) is 33.1 Å². The highest BCUT2D eigenvalue weighted by atomic mass is 32.2. The second-order valence-electron chi connectivity index (χ2n) is 4.80. The van der Waals surface area contributed by atoms with Crippen LogP contribution in [0.2, 0.25) is 0 Å². The minimum Gasteiger partial charge on any atom is -0.495 e. The van der Waals surface area contributed by atoms with Crippen LogP contribution in [0.4, 0.5) is 0 Å². The van der Waals surface area contributed by atoms with Crippen LogP contribution in [0.1, 0.15) is 15.9 Å². The quantitative estimate of drug-likeness (QED) is 0.806. The van der Waals surface area contributed by atoms with Crippen molar-refractivity contribution in [1.82, 2.24) is 4.72 Å². The minimum absolute atomic E-state index is 0.0711. The highest BCUT2D eigenvalue weighted by Crippen LogP contribution is 2.22. The van der Waals surface area contributed by atoms with E-state index >= 15 is 0 Å². The van der Waals surface area contributed by atoms with E-state index in [1.54, 1.807) is 30.3 Å². The molecule has 0 spiro atoms. The number of sulfonamides is 1. The van der Waals surface area contributed by atoms with E-state index in [0.29, 0.717) is 6.42 Å². The van der Waals surface area contributed by atoms with Gasteiger partial charge >= 0.3 is 5.97 Å². The molecule has 0 aliphatic carbocycles. The van der Waals surface area contributed by atoms with Crippen molar-refractivity contribution in [3.8, 4) is 5.75 Å². The molecule has 0 fully saturated rings. The molecule has 7 heteroatoms. The zero-order valence-corrected chi connectivity index (χ0v) is 13.3. The second-order valence-corrected chi connectivity index (χ2v) is 6.54. The molecule has 6 nitrogen and oxygen atoms in total. The summed E-state index contributed by atoms with van der Waals surface area (Å²) < 4.78 is 32.1. The summed E-state index contributed by atoms with van der Waals surface area (Å²) >= 11 is 0. The van der Waals surface area contributed by atoms with E-state index in [-0.39, 0.29) is 22.8 Å². The monoisotopic (exact) mass is 335 g/mol. The molecule has 122 valence electrons. The molecule has 23 heavy (non-hydrogen) atoms. The summed E-state index contributed by atoms with van der Waals surface area (Å²) in [5.74, 6) is -0.741. The molecule has 0 heterocycles. The fraction of sp³-hybridized carbons (Fsp3) is 0.188. The Kier molecular flexibility index (Phi) is 5.36. The summed E-state index contributed by atoms with van der Waals surface area (Å²) in [7, 11) is -2.28. The number of ether oxygens (including phenoxy) is 1. The van der Waals surface area contributed by atoms with Crippen molar-refractivity contribution in [2.24, 2.45) is 0 Å². The van der Waals surface area contributed by atoms with Gasteiger partial charge in [-0.1, -0.05) is 24.3 Å². The molecule has 2 aromatic rings. The fourth-order valence-electron chi connectivity index (χ4n) is 2.11. The van der Waals surface area contributed by atoms with E-state index in [4.69, 9.17) is 9.84 Å². The number of aromatic carboxylic acids is 1.